The number of ether oxygens (including phenoxy) is 3. The van der Waals surface area contributed by atoms with Gasteiger partial charge in [0.2, 0.25) is 0 Å². The van der Waals surface area contributed by atoms with E-state index >= 15 is 0 Å². The lowest BCUT2D eigenvalue weighted by Crippen LogP contribution is -2.45. The fraction of sp³-hybridized carbons (Fsp3) is 0.500. The maximum atomic E-state index is 12.4. The van der Waals surface area contributed by atoms with Gasteiger partial charge in [0.05, 0.1) is 12.5 Å². The van der Waals surface area contributed by atoms with E-state index in [1.165, 1.54) is 0 Å². The lowest BCUT2D eigenvalue weighted by molar-refractivity contribution is -0.156. The average molecular weight is 376 g/mol. The molecule has 0 aromatic rings. The normalized spacial score (nSPS) is 38.1. The molecule has 1 aliphatic carbocycles. The smallest absolute Gasteiger partial charge is 0.334 e. The zero-order chi connectivity index (χ0) is 19.7. The molecule has 4 aliphatic rings. The van der Waals surface area contributed by atoms with Crippen molar-refractivity contribution in [1.82, 2.24) is 0 Å². The minimum atomic E-state index is -1.37. The van der Waals surface area contributed by atoms with Crippen LogP contribution in [0.25, 0.3) is 0 Å². The van der Waals surface area contributed by atoms with Crippen molar-refractivity contribution in [3.8, 4) is 0 Å². The Bertz CT molecular complexity index is 745. The van der Waals surface area contributed by atoms with Gasteiger partial charge in [-0.25, -0.2) is 9.59 Å². The first-order valence-corrected chi connectivity index (χ1v) is 8.94. The topological polar surface area (TPSA) is 102 Å². The molecule has 0 amide bonds. The maximum absolute atomic E-state index is 12.4. The number of allylic oxidation sites excluding steroid dienone is 2. The van der Waals surface area contributed by atoms with E-state index in [9.17, 15) is 19.8 Å². The molecule has 2 N–H and O–H groups in total. The van der Waals surface area contributed by atoms with E-state index in [1.54, 1.807) is 32.1 Å². The summed E-state index contributed by atoms with van der Waals surface area (Å²) in [7, 11) is 0. The van der Waals surface area contributed by atoms with Gasteiger partial charge < -0.3 is 24.4 Å². The van der Waals surface area contributed by atoms with Crippen LogP contribution in [0.4, 0.5) is 0 Å². The molecule has 0 aromatic carbocycles. The number of aliphatic hydroxyl groups is 2. The summed E-state index contributed by atoms with van der Waals surface area (Å²) in [4.78, 5) is 24.5. The van der Waals surface area contributed by atoms with Gasteiger partial charge in [-0.1, -0.05) is 18.7 Å². The van der Waals surface area contributed by atoms with Crippen molar-refractivity contribution >= 4 is 11.9 Å². The lowest BCUT2D eigenvalue weighted by atomic mass is 9.83. The molecule has 2 bridgehead atoms. The van der Waals surface area contributed by atoms with Crippen LogP contribution in [-0.2, 0) is 23.8 Å². The number of fused-ring (bicyclic) bond motifs is 5. The molecular formula is C20H24O7. The highest BCUT2D eigenvalue weighted by molar-refractivity contribution is 5.92. The first kappa shape index (κ1) is 19.5. The summed E-state index contributed by atoms with van der Waals surface area (Å²) in [6.45, 7) is 7.22. The first-order chi connectivity index (χ1) is 12.8. The molecule has 3 heterocycles. The number of carbonyl (C=O) groups is 2. The van der Waals surface area contributed by atoms with Gasteiger partial charge in [-0.15, -0.1) is 0 Å². The van der Waals surface area contributed by atoms with Crippen molar-refractivity contribution in [3.63, 3.8) is 0 Å². The van der Waals surface area contributed by atoms with E-state index in [0.717, 1.165) is 5.57 Å². The summed E-state index contributed by atoms with van der Waals surface area (Å²) < 4.78 is 16.4. The van der Waals surface area contributed by atoms with Crippen LogP contribution in [-0.4, -0.2) is 53.4 Å². The number of rotatable bonds is 2. The Labute approximate surface area is 157 Å². The molecule has 3 aliphatic heterocycles. The number of carbonyl (C=O) groups excluding carboxylic acids is 2. The molecule has 0 saturated carbocycles. The summed E-state index contributed by atoms with van der Waals surface area (Å²) >= 11 is 0. The van der Waals surface area contributed by atoms with Crippen molar-refractivity contribution < 1.29 is 34.0 Å². The Kier molecular flexibility index (Phi) is 5.64. The fourth-order valence-corrected chi connectivity index (χ4v) is 3.50. The number of hydrogen-bond donors (Lipinski definition) is 2. The Morgan fingerprint density at radius 3 is 2.85 bits per heavy atom. The molecule has 4 rings (SSSR count). The molecule has 7 nitrogen and oxygen atoms in total. The van der Waals surface area contributed by atoms with Gasteiger partial charge in [0.15, 0.2) is 6.29 Å². The Morgan fingerprint density at radius 2 is 2.15 bits per heavy atom. The van der Waals surface area contributed by atoms with Crippen LogP contribution >= 0.6 is 0 Å². The van der Waals surface area contributed by atoms with Gasteiger partial charge in [-0.3, -0.25) is 0 Å². The second-order valence-electron chi connectivity index (χ2n) is 6.94. The van der Waals surface area contributed by atoms with Crippen LogP contribution in [0.3, 0.4) is 0 Å². The first-order valence-electron chi connectivity index (χ1n) is 8.94. The zero-order valence-electron chi connectivity index (χ0n) is 15.4. The van der Waals surface area contributed by atoms with Crippen molar-refractivity contribution in [2.24, 2.45) is 5.92 Å². The third-order valence-electron chi connectivity index (χ3n) is 5.22. The minimum absolute atomic E-state index is 0.126. The highest BCUT2D eigenvalue weighted by Gasteiger charge is 2.49. The molecule has 5 atom stereocenters. The molecule has 1 fully saturated rings. The molecule has 0 unspecified atom stereocenters. The largest absolute Gasteiger partial charge is 0.455 e. The van der Waals surface area contributed by atoms with E-state index in [4.69, 9.17) is 14.2 Å². The van der Waals surface area contributed by atoms with Crippen molar-refractivity contribution in [2.75, 3.05) is 6.61 Å². The summed E-state index contributed by atoms with van der Waals surface area (Å²) in [5.41, 5.74) is 1.55. The van der Waals surface area contributed by atoms with E-state index in [-0.39, 0.29) is 17.8 Å². The summed E-state index contributed by atoms with van der Waals surface area (Å²) in [6.07, 6.45) is 1.63. The molecule has 7 heteroatoms. The lowest BCUT2D eigenvalue weighted by Gasteiger charge is -2.34. The van der Waals surface area contributed by atoms with Crippen LogP contribution in [0.1, 0.15) is 26.7 Å². The van der Waals surface area contributed by atoms with E-state index < -0.39 is 42.5 Å². The fourth-order valence-electron chi connectivity index (χ4n) is 3.50. The van der Waals surface area contributed by atoms with Crippen molar-refractivity contribution in [1.29, 1.82) is 0 Å². The van der Waals surface area contributed by atoms with Gasteiger partial charge in [-0.05, 0) is 38.3 Å². The average Bonchev–Trinajstić information content (AvgIpc) is 2.91. The molecule has 0 radical (unpaired) electrons. The highest BCUT2D eigenvalue weighted by Crippen LogP contribution is 2.38. The Morgan fingerprint density at radius 1 is 1.41 bits per heavy atom. The van der Waals surface area contributed by atoms with Gasteiger partial charge in [0, 0.05) is 16.7 Å². The molecule has 27 heavy (non-hydrogen) atoms. The number of esters is 2. The SMILES string of the molecule is C=C1C(=O)O[C@@H]2/C=C3/CC/C=C(/[C@H](O)OC3)[C@H](O)[C@@H](OC(=O)/C(C)=C/C)[C@@H]12. The van der Waals surface area contributed by atoms with Gasteiger partial charge in [-0.2, -0.15) is 0 Å². The van der Waals surface area contributed by atoms with E-state index in [0.29, 0.717) is 18.4 Å². The summed E-state index contributed by atoms with van der Waals surface area (Å²) in [6, 6.07) is 0. The van der Waals surface area contributed by atoms with Crippen LogP contribution in [0.15, 0.2) is 47.1 Å². The van der Waals surface area contributed by atoms with Gasteiger partial charge in [0.1, 0.15) is 18.3 Å². The highest BCUT2D eigenvalue weighted by atomic mass is 16.6. The molecule has 146 valence electrons. The zero-order valence-corrected chi connectivity index (χ0v) is 15.4. The number of hydrogen-bond acceptors (Lipinski definition) is 7. The standard InChI is InChI=1S/C20H24O7/c1-4-10(2)18(22)27-17-15-11(3)19(23)26-14(15)8-12-6-5-7-13(16(17)21)20(24)25-9-12/h4,7-8,14-17,20-21,24H,3,5-6,9H2,1-2H3/b10-4+,12-8-,13-7+/t14-,15+,16+,17+,20-/m1/s1. The second-order valence-corrected chi connectivity index (χ2v) is 6.94. The van der Waals surface area contributed by atoms with Crippen LogP contribution < -0.4 is 0 Å². The Balaban J connectivity index is 2.08. The predicted molar refractivity (Wildman–Crippen MR) is 95.2 cm³/mol. The maximum Gasteiger partial charge on any atom is 0.334 e. The van der Waals surface area contributed by atoms with Gasteiger partial charge >= 0.3 is 11.9 Å². The van der Waals surface area contributed by atoms with Crippen LogP contribution in [0.2, 0.25) is 0 Å². The number of aliphatic hydroxyl groups excluding tert-OH is 2. The molecular weight excluding hydrogens is 352 g/mol. The van der Waals surface area contributed by atoms with E-state index in [1.807, 2.05) is 0 Å². The summed E-state index contributed by atoms with van der Waals surface area (Å²) in [5, 5.41) is 21.3. The second kappa shape index (κ2) is 7.80. The molecule has 1 saturated heterocycles. The molecule has 0 spiro atoms. The van der Waals surface area contributed by atoms with E-state index in [2.05, 4.69) is 6.58 Å². The molecule has 0 aromatic heterocycles. The summed E-state index contributed by atoms with van der Waals surface area (Å²) in [5.74, 6) is -1.98. The van der Waals surface area contributed by atoms with Crippen molar-refractivity contribution in [3.05, 3.63) is 47.1 Å². The Hall–Kier alpha value is -2.22. The third kappa shape index (κ3) is 3.76. The quantitative estimate of drug-likeness (QED) is 0.426. The van der Waals surface area contributed by atoms with Crippen LogP contribution in [0, 0.1) is 5.92 Å². The van der Waals surface area contributed by atoms with Crippen molar-refractivity contribution in [2.45, 2.75) is 51.3 Å². The minimum Gasteiger partial charge on any atom is -0.455 e. The van der Waals surface area contributed by atoms with Gasteiger partial charge in [0.25, 0.3) is 0 Å². The van der Waals surface area contributed by atoms with Crippen LogP contribution in [0.5, 0.6) is 0 Å². The third-order valence-corrected chi connectivity index (χ3v) is 5.22. The predicted octanol–water partition coefficient (Wildman–Crippen LogP) is 1.32. The monoisotopic (exact) mass is 376 g/mol.